The first-order chi connectivity index (χ1) is 9.85. The average Bonchev–Trinajstić information content (AvgIpc) is 2.53. The van der Waals surface area contributed by atoms with Gasteiger partial charge in [0, 0.05) is 5.92 Å². The molecule has 0 N–H and O–H groups in total. The first-order valence-corrected chi connectivity index (χ1v) is 7.09. The van der Waals surface area contributed by atoms with Gasteiger partial charge in [0.2, 0.25) is 0 Å². The van der Waals surface area contributed by atoms with Crippen LogP contribution in [0, 0.1) is 5.92 Å². The number of benzene rings is 2. The summed E-state index contributed by atoms with van der Waals surface area (Å²) in [5.74, 6) is 1.06. The summed E-state index contributed by atoms with van der Waals surface area (Å²) in [6, 6.07) is 16.4. The Kier molecular flexibility index (Phi) is 3.82. The summed E-state index contributed by atoms with van der Waals surface area (Å²) in [5.41, 5.74) is 3.78. The van der Waals surface area contributed by atoms with Crippen molar-refractivity contribution in [2.24, 2.45) is 5.92 Å². The van der Waals surface area contributed by atoms with Gasteiger partial charge in [-0.15, -0.1) is 0 Å². The molecular formula is C18H18O2. The minimum Gasteiger partial charge on any atom is -0.489 e. The fourth-order valence-corrected chi connectivity index (χ4v) is 2.71. The highest BCUT2D eigenvalue weighted by molar-refractivity contribution is 5.56. The highest BCUT2D eigenvalue weighted by atomic mass is 16.5. The zero-order chi connectivity index (χ0) is 13.8. The van der Waals surface area contributed by atoms with Gasteiger partial charge in [-0.3, -0.25) is 0 Å². The molecule has 0 saturated heterocycles. The van der Waals surface area contributed by atoms with Gasteiger partial charge < -0.3 is 9.53 Å². The zero-order valence-electron chi connectivity index (χ0n) is 11.4. The molecule has 1 unspecified atom stereocenters. The van der Waals surface area contributed by atoms with E-state index < -0.39 is 0 Å². The van der Waals surface area contributed by atoms with E-state index in [1.54, 1.807) is 0 Å². The molecule has 0 bridgehead atoms. The minimum atomic E-state index is 0.173. The lowest BCUT2D eigenvalue weighted by Gasteiger charge is -2.21. The number of aryl methyl sites for hydroxylation is 1. The van der Waals surface area contributed by atoms with Crippen LogP contribution in [0.2, 0.25) is 0 Å². The molecule has 0 fully saturated rings. The van der Waals surface area contributed by atoms with E-state index in [4.69, 9.17) is 4.74 Å². The first kappa shape index (κ1) is 12.9. The fraction of sp³-hybridized carbons (Fsp3) is 0.278. The van der Waals surface area contributed by atoms with E-state index in [9.17, 15) is 4.79 Å². The molecule has 0 heterocycles. The summed E-state index contributed by atoms with van der Waals surface area (Å²) < 4.78 is 5.84. The fourth-order valence-electron chi connectivity index (χ4n) is 2.71. The van der Waals surface area contributed by atoms with Crippen molar-refractivity contribution in [3.63, 3.8) is 0 Å². The summed E-state index contributed by atoms with van der Waals surface area (Å²) >= 11 is 0. The molecule has 0 radical (unpaired) electrons. The summed E-state index contributed by atoms with van der Waals surface area (Å²) in [6.07, 6.45) is 3.90. The van der Waals surface area contributed by atoms with E-state index >= 15 is 0 Å². The molecule has 1 aliphatic rings. The van der Waals surface area contributed by atoms with Crippen LogP contribution in [-0.2, 0) is 24.2 Å². The highest BCUT2D eigenvalue weighted by Crippen LogP contribution is 2.28. The molecule has 0 amide bonds. The van der Waals surface area contributed by atoms with E-state index in [-0.39, 0.29) is 5.92 Å². The van der Waals surface area contributed by atoms with E-state index in [0.717, 1.165) is 36.9 Å². The highest BCUT2D eigenvalue weighted by Gasteiger charge is 2.18. The number of hydrogen-bond donors (Lipinski definition) is 0. The van der Waals surface area contributed by atoms with Crippen LogP contribution < -0.4 is 4.74 Å². The average molecular weight is 266 g/mol. The Morgan fingerprint density at radius 2 is 1.95 bits per heavy atom. The van der Waals surface area contributed by atoms with E-state index in [2.05, 4.69) is 24.3 Å². The number of rotatable bonds is 4. The summed E-state index contributed by atoms with van der Waals surface area (Å²) in [4.78, 5) is 10.9. The first-order valence-electron chi connectivity index (χ1n) is 7.09. The van der Waals surface area contributed by atoms with Crippen LogP contribution in [-0.4, -0.2) is 6.29 Å². The second-order valence-electron chi connectivity index (χ2n) is 5.34. The normalized spacial score (nSPS) is 17.3. The van der Waals surface area contributed by atoms with Gasteiger partial charge in [0.1, 0.15) is 18.6 Å². The molecule has 2 aromatic carbocycles. The summed E-state index contributed by atoms with van der Waals surface area (Å²) in [6.45, 7) is 0.580. The second kappa shape index (κ2) is 5.91. The molecule has 20 heavy (non-hydrogen) atoms. The second-order valence-corrected chi connectivity index (χ2v) is 5.34. The molecule has 2 aromatic rings. The maximum absolute atomic E-state index is 10.9. The van der Waals surface area contributed by atoms with Crippen LogP contribution >= 0.6 is 0 Å². The van der Waals surface area contributed by atoms with Crippen molar-refractivity contribution in [2.75, 3.05) is 0 Å². The van der Waals surface area contributed by atoms with Crippen molar-refractivity contribution < 1.29 is 9.53 Å². The standard InChI is InChI=1S/C18H18O2/c19-12-15-6-7-16-8-9-18(11-17(16)10-15)20-13-14-4-2-1-3-5-14/h1-5,8-9,11-12,15H,6-7,10,13H2. The van der Waals surface area contributed by atoms with Gasteiger partial charge in [-0.25, -0.2) is 0 Å². The zero-order valence-corrected chi connectivity index (χ0v) is 11.4. The van der Waals surface area contributed by atoms with Crippen molar-refractivity contribution in [1.29, 1.82) is 0 Å². The maximum atomic E-state index is 10.9. The summed E-state index contributed by atoms with van der Waals surface area (Å²) in [7, 11) is 0. The number of aldehydes is 1. The van der Waals surface area contributed by atoms with E-state index in [1.807, 2.05) is 24.3 Å². The molecule has 2 heteroatoms. The quantitative estimate of drug-likeness (QED) is 0.791. The van der Waals surface area contributed by atoms with Crippen molar-refractivity contribution in [3.05, 3.63) is 65.2 Å². The van der Waals surface area contributed by atoms with E-state index in [0.29, 0.717) is 6.61 Å². The third kappa shape index (κ3) is 2.90. The lowest BCUT2D eigenvalue weighted by molar-refractivity contribution is -0.111. The van der Waals surface area contributed by atoms with Crippen molar-refractivity contribution in [2.45, 2.75) is 25.9 Å². The largest absolute Gasteiger partial charge is 0.489 e. The Labute approximate surface area is 119 Å². The van der Waals surface area contributed by atoms with Crippen LogP contribution in [0.4, 0.5) is 0 Å². The molecule has 0 aromatic heterocycles. The van der Waals surface area contributed by atoms with Gasteiger partial charge in [-0.2, -0.15) is 0 Å². The van der Waals surface area contributed by atoms with Crippen LogP contribution in [0.5, 0.6) is 5.75 Å². The van der Waals surface area contributed by atoms with Crippen LogP contribution in [0.15, 0.2) is 48.5 Å². The van der Waals surface area contributed by atoms with E-state index in [1.165, 1.54) is 11.1 Å². The molecule has 0 spiro atoms. The minimum absolute atomic E-state index is 0.173. The number of hydrogen-bond acceptors (Lipinski definition) is 2. The maximum Gasteiger partial charge on any atom is 0.123 e. The predicted molar refractivity (Wildman–Crippen MR) is 78.8 cm³/mol. The predicted octanol–water partition coefficient (Wildman–Crippen LogP) is 3.57. The Morgan fingerprint density at radius 3 is 2.75 bits per heavy atom. The van der Waals surface area contributed by atoms with Gasteiger partial charge in [0.15, 0.2) is 0 Å². The SMILES string of the molecule is O=CC1CCc2ccc(OCc3ccccc3)cc2C1. The van der Waals surface area contributed by atoms with Crippen molar-refractivity contribution >= 4 is 6.29 Å². The third-order valence-corrected chi connectivity index (χ3v) is 3.89. The lowest BCUT2D eigenvalue weighted by Crippen LogP contribution is -2.15. The van der Waals surface area contributed by atoms with Crippen LogP contribution in [0.1, 0.15) is 23.1 Å². The smallest absolute Gasteiger partial charge is 0.123 e. The number of fused-ring (bicyclic) bond motifs is 1. The van der Waals surface area contributed by atoms with Gasteiger partial charge in [-0.1, -0.05) is 36.4 Å². The number of ether oxygens (including phenoxy) is 1. The molecular weight excluding hydrogens is 248 g/mol. The van der Waals surface area contributed by atoms with Crippen molar-refractivity contribution in [3.8, 4) is 5.75 Å². The Balaban J connectivity index is 1.70. The Bertz CT molecular complexity index is 590. The van der Waals surface area contributed by atoms with Crippen molar-refractivity contribution in [1.82, 2.24) is 0 Å². The molecule has 0 saturated carbocycles. The molecule has 1 atom stereocenters. The third-order valence-electron chi connectivity index (χ3n) is 3.89. The van der Waals surface area contributed by atoms with Crippen LogP contribution in [0.25, 0.3) is 0 Å². The number of carbonyl (C=O) groups is 1. The molecule has 1 aliphatic carbocycles. The van der Waals surface area contributed by atoms with Gasteiger partial charge in [0.05, 0.1) is 0 Å². The Morgan fingerprint density at radius 1 is 1.10 bits per heavy atom. The number of carbonyl (C=O) groups excluding carboxylic acids is 1. The Hall–Kier alpha value is -2.09. The van der Waals surface area contributed by atoms with Gasteiger partial charge >= 0.3 is 0 Å². The van der Waals surface area contributed by atoms with Gasteiger partial charge in [-0.05, 0) is 48.1 Å². The molecule has 102 valence electrons. The topological polar surface area (TPSA) is 26.3 Å². The molecule has 3 rings (SSSR count). The molecule has 0 aliphatic heterocycles. The molecule has 2 nitrogen and oxygen atoms in total. The van der Waals surface area contributed by atoms with Crippen LogP contribution in [0.3, 0.4) is 0 Å². The van der Waals surface area contributed by atoms with Gasteiger partial charge in [0.25, 0.3) is 0 Å². The monoisotopic (exact) mass is 266 g/mol. The summed E-state index contributed by atoms with van der Waals surface area (Å²) in [5, 5.41) is 0. The lowest BCUT2D eigenvalue weighted by atomic mass is 9.85.